The summed E-state index contributed by atoms with van der Waals surface area (Å²) in [4.78, 5) is 0. The van der Waals surface area contributed by atoms with E-state index in [2.05, 4.69) is 11.3 Å². The van der Waals surface area contributed by atoms with Gasteiger partial charge in [0, 0.05) is 0 Å². The van der Waals surface area contributed by atoms with E-state index in [9.17, 15) is 0 Å². The Morgan fingerprint density at radius 3 is 2.60 bits per heavy atom. The summed E-state index contributed by atoms with van der Waals surface area (Å²) in [6, 6.07) is 0. The van der Waals surface area contributed by atoms with Gasteiger partial charge < -0.3 is 4.74 Å². The molecule has 0 saturated carbocycles. The van der Waals surface area contributed by atoms with Gasteiger partial charge in [-0.05, 0) is 6.08 Å². The van der Waals surface area contributed by atoms with E-state index in [0.29, 0.717) is 0 Å². The van der Waals surface area contributed by atoms with Crippen LogP contribution in [0.25, 0.3) is 0 Å². The lowest BCUT2D eigenvalue weighted by Gasteiger charge is -1.58. The maximum Gasteiger partial charge on any atom is 0.161 e. The minimum Gasteiger partial charge on any atom is -0.458 e. The molecule has 0 amide bonds. The first kappa shape index (κ1) is 2.51. The molecular formula is C4H4O. The first-order valence-corrected chi connectivity index (χ1v) is 1.43. The Kier molecular flexibility index (Phi) is 0.307. The molecule has 0 radical (unpaired) electrons. The number of allylic oxidation sites excluding steroid dienone is 1. The largest absolute Gasteiger partial charge is 0.458 e. The third kappa shape index (κ3) is 0.293. The van der Waals surface area contributed by atoms with Gasteiger partial charge in [-0.15, -0.1) is 0 Å². The smallest absolute Gasteiger partial charge is 0.161 e. The molecule has 26 valence electrons. The molecule has 0 N–H and O–H groups in total. The van der Waals surface area contributed by atoms with Gasteiger partial charge in [0.15, 0.2) is 5.76 Å². The summed E-state index contributed by atoms with van der Waals surface area (Å²) in [6.45, 7) is 3.43. The number of ether oxygens (including phenoxy) is 1. The zero-order valence-corrected chi connectivity index (χ0v) is 2.77. The van der Waals surface area contributed by atoms with Crippen molar-refractivity contribution in [2.75, 3.05) is 0 Å². The number of hydrogen-bond donors (Lipinski definition) is 0. The van der Waals surface area contributed by atoms with Gasteiger partial charge in [0.2, 0.25) is 0 Å². The minimum absolute atomic E-state index is 0.894. The van der Waals surface area contributed by atoms with Crippen LogP contribution < -0.4 is 0 Å². The van der Waals surface area contributed by atoms with Crippen molar-refractivity contribution >= 4 is 0 Å². The molecule has 1 nitrogen and oxygen atoms in total. The zero-order chi connectivity index (χ0) is 3.70. The van der Waals surface area contributed by atoms with Gasteiger partial charge in [-0.1, -0.05) is 6.58 Å². The lowest BCUT2D eigenvalue weighted by Crippen LogP contribution is -1.40. The summed E-state index contributed by atoms with van der Waals surface area (Å²) >= 11 is 0. The summed E-state index contributed by atoms with van der Waals surface area (Å²) in [5.74, 6) is 0.894. The van der Waals surface area contributed by atoms with E-state index in [4.69, 9.17) is 0 Å². The normalized spacial score (nSPS) is 15.6. The Bertz CT molecular complexity index is 78.9. The van der Waals surface area contributed by atoms with Gasteiger partial charge in [-0.25, -0.2) is 0 Å². The van der Waals surface area contributed by atoms with Crippen molar-refractivity contribution in [3.05, 3.63) is 24.7 Å². The first-order chi connectivity index (χ1) is 2.43. The molecule has 0 fully saturated rings. The fraction of sp³-hybridized carbons (Fsp3) is 0. The Hall–Kier alpha value is -0.720. The van der Waals surface area contributed by atoms with E-state index in [-0.39, 0.29) is 0 Å². The van der Waals surface area contributed by atoms with Crippen LogP contribution >= 0.6 is 0 Å². The summed E-state index contributed by atoms with van der Waals surface area (Å²) in [5.41, 5.74) is 0. The Morgan fingerprint density at radius 1 is 2.00 bits per heavy atom. The van der Waals surface area contributed by atoms with E-state index in [1.165, 1.54) is 0 Å². The van der Waals surface area contributed by atoms with E-state index in [1.807, 2.05) is 0 Å². The van der Waals surface area contributed by atoms with Gasteiger partial charge in [-0.2, -0.15) is 0 Å². The fourth-order valence-corrected chi connectivity index (χ4v) is 0.130. The second kappa shape index (κ2) is 0.612. The van der Waals surface area contributed by atoms with Crippen molar-refractivity contribution in [2.24, 2.45) is 0 Å². The molecule has 0 aromatic heterocycles. The highest BCUT2D eigenvalue weighted by Crippen LogP contribution is 2.11. The van der Waals surface area contributed by atoms with Crippen LogP contribution in [0.3, 0.4) is 0 Å². The summed E-state index contributed by atoms with van der Waals surface area (Å²) < 4.78 is 4.53. The van der Waals surface area contributed by atoms with Crippen LogP contribution in [-0.2, 0) is 4.74 Å². The monoisotopic (exact) mass is 68.0 g/mol. The van der Waals surface area contributed by atoms with E-state index >= 15 is 0 Å². The molecule has 0 spiro atoms. The fourth-order valence-electron chi connectivity index (χ4n) is 0.130. The molecule has 0 atom stereocenters. The highest BCUT2D eigenvalue weighted by molar-refractivity contribution is 5.16. The van der Waals surface area contributed by atoms with Crippen molar-refractivity contribution in [3.63, 3.8) is 0 Å². The van der Waals surface area contributed by atoms with Crippen LogP contribution in [0.2, 0.25) is 0 Å². The maximum absolute atomic E-state index is 4.53. The molecule has 0 saturated heterocycles. The van der Waals surface area contributed by atoms with Crippen molar-refractivity contribution in [2.45, 2.75) is 0 Å². The standard InChI is InChI=1S/C4H4O/c1-2-4-3-5-4/h2-3H,1H2. The molecule has 1 aliphatic heterocycles. The highest BCUT2D eigenvalue weighted by Gasteiger charge is 1.99. The maximum atomic E-state index is 4.53. The molecule has 0 aromatic carbocycles. The minimum atomic E-state index is 0.894. The Balaban J connectivity index is 2.49. The third-order valence-electron chi connectivity index (χ3n) is 0.455. The van der Waals surface area contributed by atoms with Gasteiger partial charge in [0.05, 0.1) is 0 Å². The second-order valence-electron chi connectivity index (χ2n) is 0.842. The molecular weight excluding hydrogens is 64.0 g/mol. The van der Waals surface area contributed by atoms with Crippen molar-refractivity contribution in [3.8, 4) is 0 Å². The lowest BCUT2D eigenvalue weighted by atomic mass is 10.6. The van der Waals surface area contributed by atoms with E-state index in [0.717, 1.165) is 5.76 Å². The van der Waals surface area contributed by atoms with Gasteiger partial charge in [0.1, 0.15) is 6.26 Å². The first-order valence-electron chi connectivity index (χ1n) is 1.43. The van der Waals surface area contributed by atoms with Crippen LogP contribution in [-0.4, -0.2) is 0 Å². The molecule has 0 aliphatic carbocycles. The van der Waals surface area contributed by atoms with Crippen molar-refractivity contribution < 1.29 is 4.74 Å². The number of hydrogen-bond acceptors (Lipinski definition) is 1. The van der Waals surface area contributed by atoms with Gasteiger partial charge in [0.25, 0.3) is 0 Å². The molecule has 1 aliphatic rings. The topological polar surface area (TPSA) is 12.5 Å². The molecule has 1 heteroatoms. The predicted molar refractivity (Wildman–Crippen MR) is 19.4 cm³/mol. The highest BCUT2D eigenvalue weighted by atomic mass is 16.5. The zero-order valence-electron chi connectivity index (χ0n) is 2.77. The quantitative estimate of drug-likeness (QED) is 0.447. The van der Waals surface area contributed by atoms with Crippen LogP contribution in [0, 0.1) is 0 Å². The Morgan fingerprint density at radius 2 is 2.60 bits per heavy atom. The lowest BCUT2D eigenvalue weighted by molar-refractivity contribution is 0.516. The molecule has 0 aromatic rings. The molecule has 0 bridgehead atoms. The van der Waals surface area contributed by atoms with E-state index < -0.39 is 0 Å². The summed E-state index contributed by atoms with van der Waals surface area (Å²) in [7, 11) is 0. The summed E-state index contributed by atoms with van der Waals surface area (Å²) in [6.07, 6.45) is 3.31. The Labute approximate surface area is 30.6 Å². The van der Waals surface area contributed by atoms with Crippen molar-refractivity contribution in [1.29, 1.82) is 0 Å². The van der Waals surface area contributed by atoms with Crippen LogP contribution in [0.5, 0.6) is 0 Å². The second-order valence-corrected chi connectivity index (χ2v) is 0.842. The van der Waals surface area contributed by atoms with Gasteiger partial charge >= 0.3 is 0 Å². The number of rotatable bonds is 1. The third-order valence-corrected chi connectivity index (χ3v) is 0.455. The predicted octanol–water partition coefficient (Wildman–Crippen LogP) is 1.04. The summed E-state index contributed by atoms with van der Waals surface area (Å²) in [5, 5.41) is 0. The SMILES string of the molecule is C=CC1=CO1. The van der Waals surface area contributed by atoms with E-state index in [1.54, 1.807) is 12.3 Å². The molecule has 5 heavy (non-hydrogen) atoms. The average molecular weight is 68.1 g/mol. The molecule has 1 rings (SSSR count). The van der Waals surface area contributed by atoms with Crippen LogP contribution in [0.4, 0.5) is 0 Å². The van der Waals surface area contributed by atoms with Gasteiger partial charge in [-0.3, -0.25) is 0 Å². The van der Waals surface area contributed by atoms with Crippen LogP contribution in [0.15, 0.2) is 24.7 Å². The average Bonchev–Trinajstić information content (AvgIpc) is 2.12. The van der Waals surface area contributed by atoms with Crippen LogP contribution in [0.1, 0.15) is 0 Å². The molecule has 1 heterocycles. The molecule has 0 unspecified atom stereocenters. The van der Waals surface area contributed by atoms with Crippen molar-refractivity contribution in [1.82, 2.24) is 0 Å².